The van der Waals surface area contributed by atoms with E-state index >= 15 is 0 Å². The number of hydrogen-bond donors (Lipinski definition) is 1. The lowest BCUT2D eigenvalue weighted by atomic mass is 9.96. The van der Waals surface area contributed by atoms with Gasteiger partial charge in [-0.15, -0.1) is 0 Å². The Bertz CT molecular complexity index is 1860. The first-order valence-corrected chi connectivity index (χ1v) is 16.2. The van der Waals surface area contributed by atoms with Crippen LogP contribution in [0, 0.1) is 11.3 Å². The van der Waals surface area contributed by atoms with Crippen molar-refractivity contribution in [1.82, 2.24) is 33.8 Å². The van der Waals surface area contributed by atoms with E-state index in [9.17, 15) is 14.9 Å². The summed E-state index contributed by atoms with van der Waals surface area (Å²) in [5.74, 6) is 1.27. The van der Waals surface area contributed by atoms with Gasteiger partial charge in [0.25, 0.3) is 5.91 Å². The van der Waals surface area contributed by atoms with Crippen LogP contribution in [0.1, 0.15) is 39.7 Å². The van der Waals surface area contributed by atoms with Crippen molar-refractivity contribution >= 4 is 22.9 Å². The number of fused-ring (bicyclic) bond motifs is 1. The fraction of sp³-hybridized carbons (Fsp3) is 0.400. The van der Waals surface area contributed by atoms with Crippen LogP contribution in [0.2, 0.25) is 0 Å². The number of carbonyl (C=O) groups excluding carboxylic acids is 1. The lowest BCUT2D eigenvalue weighted by Gasteiger charge is -2.42. The second-order valence-electron chi connectivity index (χ2n) is 12.6. The van der Waals surface area contributed by atoms with Gasteiger partial charge in [0.15, 0.2) is 11.5 Å². The van der Waals surface area contributed by atoms with E-state index in [-0.39, 0.29) is 29.0 Å². The van der Waals surface area contributed by atoms with Crippen LogP contribution in [0.4, 0.5) is 5.82 Å². The second kappa shape index (κ2) is 13.4. The van der Waals surface area contributed by atoms with E-state index < -0.39 is 5.54 Å². The summed E-state index contributed by atoms with van der Waals surface area (Å²) < 4.78 is 9.13. The molecule has 0 unspecified atom stereocenters. The number of imidazole rings is 1. The van der Waals surface area contributed by atoms with Crippen molar-refractivity contribution < 1.29 is 9.53 Å². The van der Waals surface area contributed by atoms with E-state index in [2.05, 4.69) is 46.6 Å². The molecule has 0 spiro atoms. The van der Waals surface area contributed by atoms with Gasteiger partial charge in [0.05, 0.1) is 5.69 Å². The molecule has 2 aliphatic rings. The minimum atomic E-state index is -0.431. The number of nitrogens with zero attached hydrogens (tertiary/aromatic N) is 8. The number of likely N-dealkylation sites (tertiary alicyclic amines) is 1. The zero-order valence-corrected chi connectivity index (χ0v) is 27.2. The SMILES string of the molecule is CCN1CCN(C(C)(C)/C=C(/C#N)C(=O)N2CCC(n3c(=O)n(-c4ccc(Oc5ccccc5)cc4)c4c(N)ncnc43)CC2)CC1. The Labute approximate surface area is 274 Å². The topological polar surface area (TPSA) is 139 Å². The molecule has 0 atom stereocenters. The fourth-order valence-electron chi connectivity index (χ4n) is 6.65. The highest BCUT2D eigenvalue weighted by molar-refractivity contribution is 5.97. The second-order valence-corrected chi connectivity index (χ2v) is 12.6. The molecule has 12 heteroatoms. The van der Waals surface area contributed by atoms with Crippen LogP contribution in [0.5, 0.6) is 11.5 Å². The third kappa shape index (κ3) is 6.50. The first kappa shape index (κ1) is 32.0. The van der Waals surface area contributed by atoms with E-state index in [1.807, 2.05) is 36.4 Å². The van der Waals surface area contributed by atoms with E-state index in [0.29, 0.717) is 54.3 Å². The lowest BCUT2D eigenvalue weighted by molar-refractivity contribution is -0.128. The van der Waals surface area contributed by atoms with E-state index in [1.165, 1.54) is 10.9 Å². The Balaban J connectivity index is 1.20. The quantitative estimate of drug-likeness (QED) is 0.225. The summed E-state index contributed by atoms with van der Waals surface area (Å²) >= 11 is 0. The number of nitrogen functional groups attached to an aromatic ring is 1. The van der Waals surface area contributed by atoms with Gasteiger partial charge in [-0.2, -0.15) is 5.26 Å². The summed E-state index contributed by atoms with van der Waals surface area (Å²) in [6, 6.07) is 18.6. The number of aromatic nitrogens is 4. The maximum absolute atomic E-state index is 14.1. The number of amides is 1. The predicted octanol–water partition coefficient (Wildman–Crippen LogP) is 3.99. The predicted molar refractivity (Wildman–Crippen MR) is 180 cm³/mol. The van der Waals surface area contributed by atoms with Gasteiger partial charge in [-0.25, -0.2) is 14.8 Å². The van der Waals surface area contributed by atoms with Gasteiger partial charge in [0.2, 0.25) is 0 Å². The number of nitriles is 1. The molecule has 2 aliphatic heterocycles. The maximum atomic E-state index is 14.1. The monoisotopic (exact) mass is 635 g/mol. The van der Waals surface area contributed by atoms with Crippen molar-refractivity contribution in [1.29, 1.82) is 5.26 Å². The van der Waals surface area contributed by atoms with Crippen molar-refractivity contribution in [2.24, 2.45) is 0 Å². The molecule has 4 heterocycles. The van der Waals surface area contributed by atoms with Crippen molar-refractivity contribution in [2.45, 2.75) is 45.2 Å². The highest BCUT2D eigenvalue weighted by Gasteiger charge is 2.33. The standard InChI is InChI=1S/C35H41N9O3/c1-4-40-18-20-42(21-19-40)35(2,3)22-25(23-36)33(45)41-16-14-27(15-17-41)44-32-30(31(37)38-24-39-32)43(34(44)46)26-10-12-29(13-11-26)47-28-8-6-5-7-9-28/h5-13,22,24,27H,4,14-21H2,1-3H3,(H2,37,38,39)/b25-22-. The van der Waals surface area contributed by atoms with Gasteiger partial charge in [-0.1, -0.05) is 25.1 Å². The summed E-state index contributed by atoms with van der Waals surface area (Å²) in [7, 11) is 0. The summed E-state index contributed by atoms with van der Waals surface area (Å²) in [4.78, 5) is 42.7. The molecule has 2 aromatic carbocycles. The highest BCUT2D eigenvalue weighted by atomic mass is 16.5. The molecule has 12 nitrogen and oxygen atoms in total. The number of ether oxygens (including phenoxy) is 1. The maximum Gasteiger partial charge on any atom is 0.335 e. The molecular formula is C35H41N9O3. The van der Waals surface area contributed by atoms with Crippen LogP contribution in [-0.4, -0.2) is 91.1 Å². The summed E-state index contributed by atoms with van der Waals surface area (Å²) in [5, 5.41) is 10.0. The zero-order valence-electron chi connectivity index (χ0n) is 27.2. The molecule has 244 valence electrons. The van der Waals surface area contributed by atoms with Crippen molar-refractivity contribution in [3.63, 3.8) is 0 Å². The number of carbonyl (C=O) groups is 1. The smallest absolute Gasteiger partial charge is 0.335 e. The molecule has 4 aromatic rings. The van der Waals surface area contributed by atoms with Crippen LogP contribution >= 0.6 is 0 Å². The molecule has 0 aliphatic carbocycles. The minimum absolute atomic E-state index is 0.153. The third-order valence-electron chi connectivity index (χ3n) is 9.35. The van der Waals surface area contributed by atoms with Crippen molar-refractivity contribution in [3.05, 3.63) is 83.1 Å². The number of piperazine rings is 1. The average molecular weight is 636 g/mol. The van der Waals surface area contributed by atoms with Crippen LogP contribution in [0.25, 0.3) is 16.9 Å². The summed E-state index contributed by atoms with van der Waals surface area (Å²) in [6.07, 6.45) is 4.23. The fourth-order valence-corrected chi connectivity index (χ4v) is 6.65. The zero-order chi connectivity index (χ0) is 33.1. The van der Waals surface area contributed by atoms with Crippen molar-refractivity contribution in [3.8, 4) is 23.3 Å². The Kier molecular flexibility index (Phi) is 9.11. The molecule has 2 N–H and O–H groups in total. The number of para-hydroxylation sites is 1. The molecule has 47 heavy (non-hydrogen) atoms. The minimum Gasteiger partial charge on any atom is -0.457 e. The Morgan fingerprint density at radius 2 is 1.66 bits per heavy atom. The molecule has 0 bridgehead atoms. The number of piperidine rings is 1. The molecule has 1 amide bonds. The van der Waals surface area contributed by atoms with Gasteiger partial charge >= 0.3 is 5.69 Å². The van der Waals surface area contributed by atoms with Gasteiger partial charge in [0, 0.05) is 50.8 Å². The number of anilines is 1. The van der Waals surface area contributed by atoms with Crippen LogP contribution in [0.3, 0.4) is 0 Å². The number of hydrogen-bond acceptors (Lipinski definition) is 9. The number of benzene rings is 2. The number of likely N-dealkylation sites (N-methyl/N-ethyl adjacent to an activating group) is 1. The molecule has 2 aromatic heterocycles. The molecule has 6 rings (SSSR count). The van der Waals surface area contributed by atoms with Gasteiger partial charge in [-0.3, -0.25) is 18.8 Å². The lowest BCUT2D eigenvalue weighted by Crippen LogP contribution is -2.54. The largest absolute Gasteiger partial charge is 0.457 e. The van der Waals surface area contributed by atoms with Gasteiger partial charge in [-0.05, 0) is 75.7 Å². The molecule has 0 radical (unpaired) electrons. The Hall–Kier alpha value is -4.99. The molecule has 2 fully saturated rings. The van der Waals surface area contributed by atoms with Crippen molar-refractivity contribution in [2.75, 3.05) is 51.5 Å². The third-order valence-corrected chi connectivity index (χ3v) is 9.35. The van der Waals surface area contributed by atoms with Gasteiger partial charge in [0.1, 0.15) is 35.0 Å². The highest BCUT2D eigenvalue weighted by Crippen LogP contribution is 2.30. The first-order chi connectivity index (χ1) is 22.7. The van der Waals surface area contributed by atoms with E-state index in [4.69, 9.17) is 10.5 Å². The van der Waals surface area contributed by atoms with Crippen LogP contribution < -0.4 is 16.2 Å². The van der Waals surface area contributed by atoms with E-state index in [1.54, 1.807) is 33.7 Å². The number of rotatable bonds is 8. The molecule has 2 saturated heterocycles. The molecular weight excluding hydrogens is 594 g/mol. The number of nitrogens with two attached hydrogens (primary N) is 1. The Morgan fingerprint density at radius 1 is 1.00 bits per heavy atom. The van der Waals surface area contributed by atoms with Crippen LogP contribution in [-0.2, 0) is 4.79 Å². The van der Waals surface area contributed by atoms with Crippen LogP contribution in [0.15, 0.2) is 77.4 Å². The summed E-state index contributed by atoms with van der Waals surface area (Å²) in [6.45, 7) is 11.8. The summed E-state index contributed by atoms with van der Waals surface area (Å²) in [5.41, 5.74) is 7.25. The Morgan fingerprint density at radius 3 is 2.30 bits per heavy atom. The van der Waals surface area contributed by atoms with Gasteiger partial charge < -0.3 is 20.3 Å². The first-order valence-electron chi connectivity index (χ1n) is 16.2. The molecule has 0 saturated carbocycles. The van der Waals surface area contributed by atoms with E-state index in [0.717, 1.165) is 32.7 Å². The normalized spacial score (nSPS) is 17.1. The average Bonchev–Trinajstić information content (AvgIpc) is 3.40.